The van der Waals surface area contributed by atoms with Gasteiger partial charge in [0.05, 0.1) is 11.2 Å². The summed E-state index contributed by atoms with van der Waals surface area (Å²) < 4.78 is 0. The van der Waals surface area contributed by atoms with Gasteiger partial charge in [-0.2, -0.15) is 0 Å². The van der Waals surface area contributed by atoms with Gasteiger partial charge in [-0.15, -0.1) is 11.3 Å². The predicted octanol–water partition coefficient (Wildman–Crippen LogP) is 2.58. The van der Waals surface area contributed by atoms with E-state index < -0.39 is 0 Å². The summed E-state index contributed by atoms with van der Waals surface area (Å²) in [4.78, 5) is 17.6. The molecule has 0 unspecified atom stereocenters. The van der Waals surface area contributed by atoms with E-state index in [2.05, 4.69) is 29.1 Å². The van der Waals surface area contributed by atoms with Crippen LogP contribution >= 0.6 is 11.3 Å². The van der Waals surface area contributed by atoms with Crippen LogP contribution in [0.2, 0.25) is 0 Å². The molecule has 0 saturated heterocycles. The molecule has 1 aromatic heterocycles. The van der Waals surface area contributed by atoms with Crippen molar-refractivity contribution in [3.63, 3.8) is 0 Å². The Morgan fingerprint density at radius 1 is 1.50 bits per heavy atom. The van der Waals surface area contributed by atoms with Crippen molar-refractivity contribution in [1.29, 1.82) is 0 Å². The maximum atomic E-state index is 11.2. The Morgan fingerprint density at radius 3 is 2.62 bits per heavy atom. The molecule has 1 aromatic rings. The zero-order valence-corrected chi connectivity index (χ0v) is 11.1. The van der Waals surface area contributed by atoms with Gasteiger partial charge in [-0.3, -0.25) is 4.90 Å². The van der Waals surface area contributed by atoms with Crippen LogP contribution in [0.25, 0.3) is 0 Å². The molecule has 0 atom stereocenters. The van der Waals surface area contributed by atoms with Crippen LogP contribution in [0.4, 0.5) is 0 Å². The molecule has 90 valence electrons. The van der Waals surface area contributed by atoms with Crippen molar-refractivity contribution >= 4 is 17.6 Å². The summed E-state index contributed by atoms with van der Waals surface area (Å²) >= 11 is 1.61. The number of hydrogen-bond donors (Lipinski definition) is 0. The van der Waals surface area contributed by atoms with Gasteiger partial charge in [0, 0.05) is 23.9 Å². The molecule has 0 spiro atoms. The van der Waals surface area contributed by atoms with Crippen molar-refractivity contribution in [2.24, 2.45) is 5.41 Å². The standard InChI is InChI=1S/C12H20N2OS/c1-4-12(5-2,9-15)8-14(3)6-11-7-16-10-13-11/h7,9-10H,4-6,8H2,1-3H3. The quantitative estimate of drug-likeness (QED) is 0.687. The Balaban J connectivity index is 2.55. The molecule has 0 N–H and O–H groups in total. The minimum Gasteiger partial charge on any atom is -0.303 e. The number of aldehydes is 1. The normalized spacial score (nSPS) is 12.0. The number of nitrogens with zero attached hydrogens (tertiary/aromatic N) is 2. The first-order chi connectivity index (χ1) is 7.65. The van der Waals surface area contributed by atoms with Crippen LogP contribution in [0.5, 0.6) is 0 Å². The van der Waals surface area contributed by atoms with Crippen LogP contribution in [0.15, 0.2) is 10.9 Å². The zero-order chi connectivity index (χ0) is 12.0. The summed E-state index contributed by atoms with van der Waals surface area (Å²) in [6, 6.07) is 0. The lowest BCUT2D eigenvalue weighted by Crippen LogP contribution is -2.35. The van der Waals surface area contributed by atoms with Gasteiger partial charge in [-0.25, -0.2) is 4.98 Å². The molecule has 16 heavy (non-hydrogen) atoms. The summed E-state index contributed by atoms with van der Waals surface area (Å²) in [7, 11) is 2.04. The molecular weight excluding hydrogens is 220 g/mol. The fourth-order valence-corrected chi connectivity index (χ4v) is 2.41. The second kappa shape index (κ2) is 6.11. The first-order valence-corrected chi connectivity index (χ1v) is 6.62. The second-order valence-corrected chi connectivity index (χ2v) is 5.06. The largest absolute Gasteiger partial charge is 0.303 e. The van der Waals surface area contributed by atoms with E-state index in [1.54, 1.807) is 11.3 Å². The molecule has 0 bridgehead atoms. The average molecular weight is 240 g/mol. The summed E-state index contributed by atoms with van der Waals surface area (Å²) in [5.74, 6) is 0. The topological polar surface area (TPSA) is 33.2 Å². The third-order valence-corrected chi connectivity index (χ3v) is 3.79. The number of carbonyl (C=O) groups is 1. The molecule has 0 radical (unpaired) electrons. The molecule has 4 heteroatoms. The Hall–Kier alpha value is -0.740. The minimum atomic E-state index is -0.190. The van der Waals surface area contributed by atoms with Crippen LogP contribution in [0, 0.1) is 5.41 Å². The maximum absolute atomic E-state index is 11.2. The van der Waals surface area contributed by atoms with E-state index in [4.69, 9.17) is 0 Å². The molecule has 1 rings (SSSR count). The Bertz CT molecular complexity index is 307. The highest BCUT2D eigenvalue weighted by atomic mass is 32.1. The van der Waals surface area contributed by atoms with Gasteiger partial charge in [-0.1, -0.05) is 13.8 Å². The Labute approximate surface area is 101 Å². The highest BCUT2D eigenvalue weighted by Crippen LogP contribution is 2.24. The molecule has 0 aromatic carbocycles. The molecule has 1 heterocycles. The van der Waals surface area contributed by atoms with Crippen molar-refractivity contribution in [2.75, 3.05) is 13.6 Å². The van der Waals surface area contributed by atoms with Gasteiger partial charge < -0.3 is 4.79 Å². The Morgan fingerprint density at radius 2 is 2.19 bits per heavy atom. The molecule has 0 amide bonds. The van der Waals surface area contributed by atoms with Gasteiger partial charge >= 0.3 is 0 Å². The first kappa shape index (κ1) is 13.3. The third-order valence-electron chi connectivity index (χ3n) is 3.16. The highest BCUT2D eigenvalue weighted by molar-refractivity contribution is 7.07. The van der Waals surface area contributed by atoms with E-state index in [0.717, 1.165) is 37.9 Å². The molecule has 0 aliphatic rings. The van der Waals surface area contributed by atoms with Crippen LogP contribution in [-0.2, 0) is 11.3 Å². The number of carbonyl (C=O) groups excluding carboxylic acids is 1. The third kappa shape index (κ3) is 3.39. The second-order valence-electron chi connectivity index (χ2n) is 4.34. The molecule has 0 aliphatic heterocycles. The minimum absolute atomic E-state index is 0.190. The predicted molar refractivity (Wildman–Crippen MR) is 67.5 cm³/mol. The van der Waals surface area contributed by atoms with E-state index in [1.807, 2.05) is 12.6 Å². The van der Waals surface area contributed by atoms with Gasteiger partial charge in [-0.05, 0) is 19.9 Å². The molecular formula is C12H20N2OS. The number of aromatic nitrogens is 1. The van der Waals surface area contributed by atoms with E-state index >= 15 is 0 Å². The van der Waals surface area contributed by atoms with Gasteiger partial charge in [0.1, 0.15) is 6.29 Å². The number of thiazole rings is 1. The van der Waals surface area contributed by atoms with Crippen molar-refractivity contribution < 1.29 is 4.79 Å². The fraction of sp³-hybridized carbons (Fsp3) is 0.667. The molecule has 3 nitrogen and oxygen atoms in total. The van der Waals surface area contributed by atoms with Gasteiger partial charge in [0.2, 0.25) is 0 Å². The Kier molecular flexibility index (Phi) is 5.09. The molecule has 0 fully saturated rings. The van der Waals surface area contributed by atoms with Crippen molar-refractivity contribution in [1.82, 2.24) is 9.88 Å². The van der Waals surface area contributed by atoms with E-state index in [0.29, 0.717) is 0 Å². The first-order valence-electron chi connectivity index (χ1n) is 5.67. The monoisotopic (exact) mass is 240 g/mol. The van der Waals surface area contributed by atoms with E-state index in [9.17, 15) is 4.79 Å². The smallest absolute Gasteiger partial charge is 0.127 e. The van der Waals surface area contributed by atoms with Crippen molar-refractivity contribution in [3.8, 4) is 0 Å². The molecule has 0 saturated carbocycles. The van der Waals surface area contributed by atoms with Crippen LogP contribution < -0.4 is 0 Å². The maximum Gasteiger partial charge on any atom is 0.127 e. The average Bonchev–Trinajstić information content (AvgIpc) is 2.79. The lowest BCUT2D eigenvalue weighted by atomic mass is 9.83. The van der Waals surface area contributed by atoms with Gasteiger partial charge in [0.15, 0.2) is 0 Å². The summed E-state index contributed by atoms with van der Waals surface area (Å²) in [5, 5.41) is 2.05. The lowest BCUT2D eigenvalue weighted by molar-refractivity contribution is -0.117. The van der Waals surface area contributed by atoms with Crippen LogP contribution in [0.1, 0.15) is 32.4 Å². The lowest BCUT2D eigenvalue weighted by Gasteiger charge is -2.30. The summed E-state index contributed by atoms with van der Waals surface area (Å²) in [6.45, 7) is 5.78. The zero-order valence-electron chi connectivity index (χ0n) is 10.3. The van der Waals surface area contributed by atoms with Gasteiger partial charge in [0.25, 0.3) is 0 Å². The SMILES string of the molecule is CCC(C=O)(CC)CN(C)Cc1cscn1. The van der Waals surface area contributed by atoms with Crippen molar-refractivity contribution in [2.45, 2.75) is 33.2 Å². The number of rotatable bonds is 7. The highest BCUT2D eigenvalue weighted by Gasteiger charge is 2.27. The van der Waals surface area contributed by atoms with E-state index in [-0.39, 0.29) is 5.41 Å². The van der Waals surface area contributed by atoms with Crippen LogP contribution in [-0.4, -0.2) is 29.8 Å². The fourth-order valence-electron chi connectivity index (χ4n) is 1.86. The number of hydrogen-bond acceptors (Lipinski definition) is 4. The molecule has 0 aliphatic carbocycles. The van der Waals surface area contributed by atoms with Crippen LogP contribution in [0.3, 0.4) is 0 Å². The summed E-state index contributed by atoms with van der Waals surface area (Å²) in [6.07, 6.45) is 2.91. The van der Waals surface area contributed by atoms with Crippen molar-refractivity contribution in [3.05, 3.63) is 16.6 Å². The van der Waals surface area contributed by atoms with E-state index in [1.165, 1.54) is 0 Å². The summed E-state index contributed by atoms with van der Waals surface area (Å²) in [5.41, 5.74) is 2.74.